The Kier molecular flexibility index (Phi) is 12.5. The molecule has 52 heavy (non-hydrogen) atoms. The van der Waals surface area contributed by atoms with Crippen molar-refractivity contribution < 1.29 is 0 Å². The molecule has 0 aliphatic heterocycles. The molecular weight excluding hydrogens is 740 g/mol. The van der Waals surface area contributed by atoms with Crippen molar-refractivity contribution in [3.8, 4) is 0 Å². The molecule has 7 rings (SSSR count). The van der Waals surface area contributed by atoms with Crippen molar-refractivity contribution in [2.24, 2.45) is 0 Å². The average Bonchev–Trinajstić information content (AvgIpc) is 3.94. The van der Waals surface area contributed by atoms with Crippen LogP contribution >= 0.6 is 59.6 Å². The van der Waals surface area contributed by atoms with E-state index in [9.17, 15) is 0 Å². The molecule has 6 radical (unpaired) electrons. The maximum Gasteiger partial charge on any atom is 0.0949 e. The normalized spacial score (nSPS) is 13.1. The topological polar surface area (TPSA) is 0 Å². The molecule has 272 valence electrons. The molecule has 3 aromatic carbocycles. The molecular formula is C44H56B2P2S4. The minimum absolute atomic E-state index is 1.14. The molecule has 0 bridgehead atoms. The van der Waals surface area contributed by atoms with Crippen molar-refractivity contribution >= 4 is 145 Å². The summed E-state index contributed by atoms with van der Waals surface area (Å²) in [7, 11) is 11.7. The highest BCUT2D eigenvalue weighted by molar-refractivity contribution is 8.06. The summed E-state index contributed by atoms with van der Waals surface area (Å²) in [6, 6.07) is 14.9. The highest BCUT2D eigenvalue weighted by Gasteiger charge is 2.29. The van der Waals surface area contributed by atoms with Crippen LogP contribution in [0.15, 0.2) is 36.4 Å². The summed E-state index contributed by atoms with van der Waals surface area (Å²) < 4.78 is 11.8. The highest BCUT2D eigenvalue weighted by atomic mass is 32.1. The first-order valence-corrected chi connectivity index (χ1v) is 28.0. The number of unbranched alkanes of at least 4 members (excludes halogenated alkanes) is 4. The number of thiophene rings is 4. The van der Waals surface area contributed by atoms with E-state index in [1.54, 1.807) is 11.1 Å². The van der Waals surface area contributed by atoms with Crippen molar-refractivity contribution in [1.29, 1.82) is 0 Å². The zero-order chi connectivity index (χ0) is 36.6. The zero-order valence-corrected chi connectivity index (χ0v) is 37.5. The molecule has 0 saturated carbocycles. The van der Waals surface area contributed by atoms with Gasteiger partial charge in [-0.25, -0.2) is 14.3 Å². The molecule has 7 aromatic rings. The van der Waals surface area contributed by atoms with Gasteiger partial charge in [0.1, 0.15) is 0 Å². The smallest absolute Gasteiger partial charge is 0.0949 e. The maximum absolute atomic E-state index is 7.53. The third kappa shape index (κ3) is 7.00. The Bertz CT molecular complexity index is 2160. The summed E-state index contributed by atoms with van der Waals surface area (Å²) >= 11 is 8.15. The van der Waals surface area contributed by atoms with E-state index in [0.29, 0.717) is 0 Å². The highest BCUT2D eigenvalue weighted by Crippen LogP contribution is 2.59. The molecule has 0 atom stereocenters. The minimum Gasteiger partial charge on any atom is -0.298 e. The van der Waals surface area contributed by atoms with Crippen LogP contribution in [-0.4, -0.2) is 39.8 Å². The Labute approximate surface area is 332 Å². The van der Waals surface area contributed by atoms with Gasteiger partial charge in [0.25, 0.3) is 0 Å². The van der Waals surface area contributed by atoms with Crippen LogP contribution in [-0.2, 0) is 12.8 Å². The second kappa shape index (κ2) is 16.6. The lowest BCUT2D eigenvalue weighted by molar-refractivity contribution is 0.869. The molecule has 0 saturated heterocycles. The van der Waals surface area contributed by atoms with Crippen LogP contribution < -0.4 is 9.24 Å². The van der Waals surface area contributed by atoms with Gasteiger partial charge in [0, 0.05) is 85.2 Å². The van der Waals surface area contributed by atoms with Crippen LogP contribution in [0.2, 0.25) is 0 Å². The van der Waals surface area contributed by atoms with E-state index < -0.39 is 14.3 Å². The van der Waals surface area contributed by atoms with Crippen LogP contribution in [0.4, 0.5) is 0 Å². The van der Waals surface area contributed by atoms with Crippen molar-refractivity contribution in [2.45, 2.75) is 119 Å². The van der Waals surface area contributed by atoms with E-state index in [1.807, 2.05) is 22.7 Å². The van der Waals surface area contributed by atoms with Gasteiger partial charge < -0.3 is 0 Å². The maximum atomic E-state index is 7.53. The predicted molar refractivity (Wildman–Crippen MR) is 255 cm³/mol. The molecule has 0 aliphatic rings. The van der Waals surface area contributed by atoms with Gasteiger partial charge in [-0.15, -0.1) is 45.3 Å². The summed E-state index contributed by atoms with van der Waals surface area (Å²) in [4.78, 5) is 0. The second-order valence-corrected chi connectivity index (χ2v) is 27.1. The fourth-order valence-electron chi connectivity index (χ4n) is 8.46. The Morgan fingerprint density at radius 1 is 0.442 bits per heavy atom. The van der Waals surface area contributed by atoms with Crippen LogP contribution in [0.5, 0.6) is 0 Å². The third-order valence-corrected chi connectivity index (χ3v) is 24.8. The van der Waals surface area contributed by atoms with Crippen molar-refractivity contribution in [2.75, 3.05) is 24.6 Å². The van der Waals surface area contributed by atoms with Gasteiger partial charge in [0.2, 0.25) is 0 Å². The van der Waals surface area contributed by atoms with Crippen LogP contribution in [0.25, 0.3) is 60.5 Å². The fourth-order valence-corrected chi connectivity index (χ4v) is 21.5. The summed E-state index contributed by atoms with van der Waals surface area (Å²) in [5, 5.41) is 8.91. The third-order valence-electron chi connectivity index (χ3n) is 11.4. The van der Waals surface area contributed by atoms with Gasteiger partial charge in [0.05, 0.1) is 9.24 Å². The molecule has 0 amide bonds. The lowest BCUT2D eigenvalue weighted by Gasteiger charge is -2.35. The molecule has 4 aromatic heterocycles. The summed E-state index contributed by atoms with van der Waals surface area (Å²) in [5.74, 6) is 0. The van der Waals surface area contributed by atoms with Crippen LogP contribution in [0.1, 0.15) is 117 Å². The molecule has 0 unspecified atom stereocenters. The first-order valence-electron chi connectivity index (χ1n) is 20.3. The Balaban J connectivity index is 1.59. The molecule has 0 fully saturated rings. The molecule has 0 nitrogen and oxygen atoms in total. The first kappa shape index (κ1) is 39.3. The predicted octanol–water partition coefficient (Wildman–Crippen LogP) is 15.4. The van der Waals surface area contributed by atoms with E-state index in [4.69, 9.17) is 15.1 Å². The fraction of sp³-hybridized carbons (Fsp3) is 0.500. The number of hydrogen-bond acceptors (Lipinski definition) is 4. The van der Waals surface area contributed by atoms with Crippen molar-refractivity contribution in [3.63, 3.8) is 0 Å². The van der Waals surface area contributed by atoms with E-state index in [0.717, 1.165) is 12.8 Å². The van der Waals surface area contributed by atoms with Crippen LogP contribution in [0.3, 0.4) is 0 Å². The van der Waals surface area contributed by atoms with Gasteiger partial charge in [-0.1, -0.05) is 80.1 Å². The Morgan fingerprint density at radius 2 is 0.788 bits per heavy atom. The number of hydrogen-bond donors (Lipinski definition) is 0. The number of benzene rings is 3. The first-order chi connectivity index (χ1) is 25.2. The quantitative estimate of drug-likeness (QED) is 0.0599. The zero-order valence-electron chi connectivity index (χ0n) is 32.5. The summed E-state index contributed by atoms with van der Waals surface area (Å²) in [6.45, 7) is 14.0. The van der Waals surface area contributed by atoms with Gasteiger partial charge in [-0.3, -0.25) is 15.1 Å². The van der Waals surface area contributed by atoms with Gasteiger partial charge >= 0.3 is 0 Å². The van der Waals surface area contributed by atoms with E-state index in [1.165, 1.54) is 159 Å². The number of fused-ring (bicyclic) bond motifs is 11. The number of aryl methyl sites for hydroxylation is 2. The molecule has 4 heterocycles. The lowest BCUT2D eigenvalue weighted by Crippen LogP contribution is -2.15. The van der Waals surface area contributed by atoms with Gasteiger partial charge in [-0.2, -0.15) is 0 Å². The minimum atomic E-state index is -1.71. The van der Waals surface area contributed by atoms with Gasteiger partial charge in [-0.05, 0) is 86.1 Å². The average molecular weight is 797 g/mol. The second-order valence-electron chi connectivity index (χ2n) is 15.3. The monoisotopic (exact) mass is 796 g/mol. The van der Waals surface area contributed by atoms with Crippen molar-refractivity contribution in [3.05, 3.63) is 47.5 Å². The Morgan fingerprint density at radius 3 is 1.12 bits per heavy atom. The van der Waals surface area contributed by atoms with E-state index in [-0.39, 0.29) is 0 Å². The molecule has 8 heteroatoms. The molecule has 0 aliphatic carbocycles. The van der Waals surface area contributed by atoms with E-state index >= 15 is 0 Å². The molecule has 0 N–H and O–H groups in total. The largest absolute Gasteiger partial charge is 0.298 e. The lowest BCUT2D eigenvalue weighted by atomic mass is 9.92. The van der Waals surface area contributed by atoms with Gasteiger partial charge in [0.15, 0.2) is 0 Å². The van der Waals surface area contributed by atoms with E-state index in [2.05, 4.69) is 101 Å². The summed E-state index contributed by atoms with van der Waals surface area (Å²) in [5.41, 5.74) is 3.23. The summed E-state index contributed by atoms with van der Waals surface area (Å²) in [6.07, 6.45) is 19.0. The Hall–Kier alpha value is -0.990. The SMILES string of the molecule is [B-][P+](CCCC)(CCCC)c1cc2c(ccc3sc4c(CCC)c(CCC)c5sc6ccc7sc([P+]([B-])(CCCC)CCCC)cc7c6c5c4c32)s1. The van der Waals surface area contributed by atoms with Crippen LogP contribution in [0, 0.1) is 0 Å². The molecule has 0 spiro atoms. The number of rotatable bonds is 18. The van der Waals surface area contributed by atoms with Crippen molar-refractivity contribution in [1.82, 2.24) is 0 Å². The standard InChI is InChI=1S/C44H56B2P2S4/c1-7-13-23-47(45,24-14-8-2)37-27-31-33(49-37)19-21-35-39(31)41-42-40-32-28-38(48(46,25-15-9-3)26-16-10-4)50-34(32)20-22-36(40)52-44(42)30(18-12-6)29(17-11-5)43(41)51-35/h19-22,27-28H,7-18,23-26H2,1-6H3.